The van der Waals surface area contributed by atoms with E-state index in [1.807, 2.05) is 0 Å². The summed E-state index contributed by atoms with van der Waals surface area (Å²) in [5.41, 5.74) is 2.62. The number of sulfonamides is 1. The van der Waals surface area contributed by atoms with Gasteiger partial charge in [-0.1, -0.05) is 23.7 Å². The molecule has 0 bridgehead atoms. The number of para-hydroxylation sites is 1. The molecule has 2 heterocycles. The van der Waals surface area contributed by atoms with Crippen LogP contribution in [0.15, 0.2) is 52.2 Å². The Balaban J connectivity index is 1.68. The minimum Gasteiger partial charge on any atom is -0.373 e. The number of ether oxygens (including phenoxy) is 1. The van der Waals surface area contributed by atoms with E-state index in [2.05, 4.69) is 10.4 Å². The molecule has 4 rings (SSSR count). The molecule has 1 aliphatic rings. The molecule has 1 aromatic heterocycles. The molecule has 0 saturated carbocycles. The molecule has 1 amide bonds. The number of fused-ring (bicyclic) bond motifs is 1. The summed E-state index contributed by atoms with van der Waals surface area (Å²) in [6.45, 7) is 5.53. The lowest BCUT2D eigenvalue weighted by molar-refractivity contribution is -0.0440. The molecule has 0 unspecified atom stereocenters. The summed E-state index contributed by atoms with van der Waals surface area (Å²) >= 11 is 6.22. The van der Waals surface area contributed by atoms with Crippen LogP contribution >= 0.6 is 11.6 Å². The monoisotopic (exact) mass is 490 g/mol. The predicted octanol–water partition coefficient (Wildman–Crippen LogP) is 2.54. The summed E-state index contributed by atoms with van der Waals surface area (Å²) < 4.78 is 34.5. The standard InChI is InChI=1S/C22H23ClN4O5S/c1-13-11-26(12-14(2)32-13)33(30,31)20-10-16(8-9-18(20)23)21(28)25-27-15(3)24-19-7-5-4-6-17(19)22(27)29/h4-10,13-14H,11-12H2,1-3H3,(H,25,28)/t13-,14-/m0/s1. The first-order valence-electron chi connectivity index (χ1n) is 10.3. The number of benzene rings is 2. The highest BCUT2D eigenvalue weighted by Gasteiger charge is 2.34. The number of hydrogen-bond donors (Lipinski definition) is 1. The number of halogens is 1. The van der Waals surface area contributed by atoms with Gasteiger partial charge in [0.25, 0.3) is 11.5 Å². The molecule has 11 heteroatoms. The van der Waals surface area contributed by atoms with E-state index in [4.69, 9.17) is 16.3 Å². The zero-order valence-electron chi connectivity index (χ0n) is 18.3. The summed E-state index contributed by atoms with van der Waals surface area (Å²) in [4.78, 5) is 30.0. The number of nitrogens with one attached hydrogen (secondary N) is 1. The second-order valence-corrected chi connectivity index (χ2v) is 10.3. The maximum atomic E-state index is 13.3. The topological polar surface area (TPSA) is 111 Å². The highest BCUT2D eigenvalue weighted by molar-refractivity contribution is 7.89. The van der Waals surface area contributed by atoms with Gasteiger partial charge in [-0.25, -0.2) is 18.1 Å². The van der Waals surface area contributed by atoms with Crippen molar-refractivity contribution in [2.75, 3.05) is 18.5 Å². The van der Waals surface area contributed by atoms with Gasteiger partial charge in [-0.3, -0.25) is 15.0 Å². The van der Waals surface area contributed by atoms with Crippen molar-refractivity contribution in [1.82, 2.24) is 14.0 Å². The summed E-state index contributed by atoms with van der Waals surface area (Å²) in [6, 6.07) is 10.8. The Morgan fingerprint density at radius 2 is 1.82 bits per heavy atom. The van der Waals surface area contributed by atoms with Crippen LogP contribution in [-0.2, 0) is 14.8 Å². The molecule has 2 aromatic carbocycles. The second kappa shape index (κ2) is 8.86. The Morgan fingerprint density at radius 3 is 2.52 bits per heavy atom. The normalized spacial score (nSPS) is 19.5. The van der Waals surface area contributed by atoms with Crippen molar-refractivity contribution in [2.24, 2.45) is 0 Å². The van der Waals surface area contributed by atoms with E-state index in [1.54, 1.807) is 45.0 Å². The molecule has 174 valence electrons. The first kappa shape index (κ1) is 23.4. The van der Waals surface area contributed by atoms with Crippen LogP contribution in [0.3, 0.4) is 0 Å². The van der Waals surface area contributed by atoms with Gasteiger partial charge in [0.1, 0.15) is 10.7 Å². The van der Waals surface area contributed by atoms with Gasteiger partial charge in [-0.05, 0) is 51.1 Å². The fraction of sp³-hybridized carbons (Fsp3) is 0.318. The van der Waals surface area contributed by atoms with Crippen LogP contribution in [0, 0.1) is 6.92 Å². The maximum Gasteiger partial charge on any atom is 0.280 e. The molecule has 9 nitrogen and oxygen atoms in total. The molecule has 1 saturated heterocycles. The third kappa shape index (κ3) is 4.51. The molecular formula is C22H23ClN4O5S. The lowest BCUT2D eigenvalue weighted by Gasteiger charge is -2.34. The minimum atomic E-state index is -3.97. The number of carbonyl (C=O) groups is 1. The van der Waals surface area contributed by atoms with Crippen LogP contribution in [0.25, 0.3) is 10.9 Å². The molecule has 2 atom stereocenters. The Hall–Kier alpha value is -2.79. The number of aryl methyl sites for hydroxylation is 1. The number of carbonyl (C=O) groups excluding carboxylic acids is 1. The number of aromatic nitrogens is 2. The number of nitrogens with zero attached hydrogens (tertiary/aromatic N) is 3. The largest absolute Gasteiger partial charge is 0.373 e. The molecule has 0 radical (unpaired) electrons. The first-order chi connectivity index (χ1) is 15.6. The minimum absolute atomic E-state index is 0.000864. The van der Waals surface area contributed by atoms with E-state index in [-0.39, 0.29) is 46.6 Å². The van der Waals surface area contributed by atoms with Crippen LogP contribution in [0.4, 0.5) is 0 Å². The van der Waals surface area contributed by atoms with Crippen LogP contribution in [0.1, 0.15) is 30.0 Å². The molecule has 33 heavy (non-hydrogen) atoms. The Labute approximate surface area is 196 Å². The van der Waals surface area contributed by atoms with E-state index in [0.29, 0.717) is 10.9 Å². The summed E-state index contributed by atoms with van der Waals surface area (Å²) in [6.07, 6.45) is -0.548. The van der Waals surface area contributed by atoms with E-state index < -0.39 is 21.5 Å². The van der Waals surface area contributed by atoms with Crippen molar-refractivity contribution < 1.29 is 17.9 Å². The summed E-state index contributed by atoms with van der Waals surface area (Å²) in [7, 11) is -3.97. The smallest absolute Gasteiger partial charge is 0.280 e. The second-order valence-electron chi connectivity index (χ2n) is 7.98. The molecule has 0 aliphatic carbocycles. The Bertz CT molecular complexity index is 1400. The third-order valence-electron chi connectivity index (χ3n) is 5.35. The lowest BCUT2D eigenvalue weighted by atomic mass is 10.2. The molecule has 0 spiro atoms. The summed E-state index contributed by atoms with van der Waals surface area (Å²) in [5.74, 6) is -0.390. The highest BCUT2D eigenvalue weighted by Crippen LogP contribution is 2.28. The van der Waals surface area contributed by atoms with Crippen molar-refractivity contribution in [3.8, 4) is 0 Å². The van der Waals surface area contributed by atoms with Gasteiger partial charge in [0.05, 0.1) is 28.1 Å². The van der Waals surface area contributed by atoms with Crippen LogP contribution in [-0.4, -0.2) is 53.6 Å². The molecular weight excluding hydrogens is 468 g/mol. The van der Waals surface area contributed by atoms with Crippen LogP contribution < -0.4 is 11.0 Å². The SMILES string of the molecule is Cc1nc2ccccc2c(=O)n1NC(=O)c1ccc(Cl)c(S(=O)(=O)N2C[C@H](C)O[C@@H](C)C2)c1. The van der Waals surface area contributed by atoms with Crippen molar-refractivity contribution in [3.05, 3.63) is 69.2 Å². The number of morpholine rings is 1. The quantitative estimate of drug-likeness (QED) is 0.601. The van der Waals surface area contributed by atoms with E-state index in [0.717, 1.165) is 4.68 Å². The number of hydrogen-bond acceptors (Lipinski definition) is 6. The number of rotatable bonds is 4. The average molecular weight is 491 g/mol. The summed E-state index contributed by atoms with van der Waals surface area (Å²) in [5, 5.41) is 0.345. The highest BCUT2D eigenvalue weighted by atomic mass is 35.5. The van der Waals surface area contributed by atoms with Crippen LogP contribution in [0.5, 0.6) is 0 Å². The van der Waals surface area contributed by atoms with Crippen molar-refractivity contribution >= 4 is 38.4 Å². The maximum absolute atomic E-state index is 13.3. The molecule has 1 N–H and O–H groups in total. The fourth-order valence-electron chi connectivity index (χ4n) is 3.85. The zero-order valence-corrected chi connectivity index (χ0v) is 19.9. The molecule has 1 aliphatic heterocycles. The average Bonchev–Trinajstić information content (AvgIpc) is 2.76. The Kier molecular flexibility index (Phi) is 6.28. The van der Waals surface area contributed by atoms with Gasteiger partial charge in [0.2, 0.25) is 10.0 Å². The van der Waals surface area contributed by atoms with Gasteiger partial charge in [0, 0.05) is 18.7 Å². The number of amides is 1. The fourth-order valence-corrected chi connectivity index (χ4v) is 5.94. The third-order valence-corrected chi connectivity index (χ3v) is 7.67. The van der Waals surface area contributed by atoms with Crippen molar-refractivity contribution in [3.63, 3.8) is 0 Å². The van der Waals surface area contributed by atoms with Crippen molar-refractivity contribution in [1.29, 1.82) is 0 Å². The van der Waals surface area contributed by atoms with Gasteiger partial charge in [-0.15, -0.1) is 0 Å². The van der Waals surface area contributed by atoms with Crippen molar-refractivity contribution in [2.45, 2.75) is 37.9 Å². The van der Waals surface area contributed by atoms with Gasteiger partial charge >= 0.3 is 0 Å². The van der Waals surface area contributed by atoms with Gasteiger partial charge in [0.15, 0.2) is 0 Å². The predicted molar refractivity (Wildman–Crippen MR) is 125 cm³/mol. The van der Waals surface area contributed by atoms with Gasteiger partial charge in [-0.2, -0.15) is 4.31 Å². The van der Waals surface area contributed by atoms with Gasteiger partial charge < -0.3 is 4.74 Å². The lowest BCUT2D eigenvalue weighted by Crippen LogP contribution is -2.48. The van der Waals surface area contributed by atoms with Crippen LogP contribution in [0.2, 0.25) is 5.02 Å². The van der Waals surface area contributed by atoms with E-state index in [1.165, 1.54) is 22.5 Å². The van der Waals surface area contributed by atoms with E-state index in [9.17, 15) is 18.0 Å². The van der Waals surface area contributed by atoms with E-state index >= 15 is 0 Å². The molecule has 3 aromatic rings. The first-order valence-corrected chi connectivity index (χ1v) is 12.1. The zero-order chi connectivity index (χ0) is 23.9. The Morgan fingerprint density at radius 1 is 1.15 bits per heavy atom. The molecule has 1 fully saturated rings.